The van der Waals surface area contributed by atoms with E-state index in [0.29, 0.717) is 0 Å². The monoisotopic (exact) mass is 340 g/mol. The maximum atomic E-state index is 12.5. The molecule has 3 rings (SSSR count). The fourth-order valence-corrected chi connectivity index (χ4v) is 3.82. The second-order valence-corrected chi connectivity index (χ2v) is 6.96. The molecule has 0 radical (unpaired) electrons. The molecule has 1 unspecified atom stereocenters. The fraction of sp³-hybridized carbons (Fsp3) is 0.500. The molecule has 1 aliphatic rings. The largest absolute Gasteiger partial charge is 0.347 e. The summed E-state index contributed by atoms with van der Waals surface area (Å²) in [5, 5.41) is 4.78. The lowest BCUT2D eigenvalue weighted by atomic mass is 10.0. The molecule has 1 amide bonds. The van der Waals surface area contributed by atoms with E-state index in [2.05, 4.69) is 36.1 Å². The van der Waals surface area contributed by atoms with Gasteiger partial charge in [-0.05, 0) is 12.8 Å². The Morgan fingerprint density at radius 3 is 2.52 bits per heavy atom. The van der Waals surface area contributed by atoms with Gasteiger partial charge in [0, 0.05) is 57.5 Å². The van der Waals surface area contributed by atoms with Crippen LogP contribution >= 0.6 is 0 Å². The fourth-order valence-electron chi connectivity index (χ4n) is 3.82. The molecule has 0 N–H and O–H groups in total. The summed E-state index contributed by atoms with van der Waals surface area (Å²) in [6.45, 7) is 3.90. The Kier molecular flexibility index (Phi) is 5.23. The average Bonchev–Trinajstić information content (AvgIpc) is 2.79. The third-order valence-corrected chi connectivity index (χ3v) is 5.16. The Morgan fingerprint density at radius 2 is 1.88 bits per heavy atom. The van der Waals surface area contributed by atoms with E-state index in [1.165, 1.54) is 16.8 Å². The lowest BCUT2D eigenvalue weighted by Crippen LogP contribution is -2.47. The zero-order valence-electron chi connectivity index (χ0n) is 15.7. The van der Waals surface area contributed by atoms with Gasteiger partial charge in [-0.2, -0.15) is 5.10 Å². The van der Waals surface area contributed by atoms with Crippen molar-refractivity contribution in [2.45, 2.75) is 32.2 Å². The van der Waals surface area contributed by atoms with E-state index < -0.39 is 0 Å². The number of nitrogens with zero attached hydrogens (tertiary/aromatic N) is 4. The summed E-state index contributed by atoms with van der Waals surface area (Å²) in [5.74, 6) is 0.204. The van der Waals surface area contributed by atoms with E-state index in [0.717, 1.165) is 38.0 Å². The maximum Gasteiger partial charge on any atom is 0.239 e. The highest BCUT2D eigenvalue weighted by Gasteiger charge is 2.29. The summed E-state index contributed by atoms with van der Waals surface area (Å²) >= 11 is 0. The van der Waals surface area contributed by atoms with Crippen molar-refractivity contribution in [3.63, 3.8) is 0 Å². The van der Waals surface area contributed by atoms with Crippen LogP contribution in [0.1, 0.15) is 24.6 Å². The topological polar surface area (TPSA) is 41.4 Å². The molecular formula is C20H28N4O. The number of likely N-dealkylation sites (N-methyl/N-ethyl adjacent to an activating group) is 1. The van der Waals surface area contributed by atoms with Crippen molar-refractivity contribution in [1.29, 1.82) is 0 Å². The normalized spacial score (nSPS) is 16.2. The smallest absolute Gasteiger partial charge is 0.239 e. The van der Waals surface area contributed by atoms with Gasteiger partial charge in [0.15, 0.2) is 0 Å². The van der Waals surface area contributed by atoms with E-state index in [4.69, 9.17) is 5.10 Å². The molecule has 0 bridgehead atoms. The molecule has 0 aliphatic carbocycles. The van der Waals surface area contributed by atoms with Crippen molar-refractivity contribution >= 4 is 5.91 Å². The minimum Gasteiger partial charge on any atom is -0.347 e. The van der Waals surface area contributed by atoms with Gasteiger partial charge in [0.1, 0.15) is 0 Å². The van der Waals surface area contributed by atoms with Crippen LogP contribution in [0, 0.1) is 0 Å². The summed E-state index contributed by atoms with van der Waals surface area (Å²) in [7, 11) is 5.72. The van der Waals surface area contributed by atoms with Crippen LogP contribution in [0.4, 0.5) is 0 Å². The van der Waals surface area contributed by atoms with Gasteiger partial charge in [-0.1, -0.05) is 37.3 Å². The van der Waals surface area contributed by atoms with E-state index in [1.54, 1.807) is 4.90 Å². The first-order valence-corrected chi connectivity index (χ1v) is 9.08. The molecule has 2 aromatic rings. The molecule has 0 spiro atoms. The molecule has 2 heterocycles. The molecule has 1 aromatic carbocycles. The lowest BCUT2D eigenvalue weighted by Gasteiger charge is -2.30. The molecule has 1 aromatic heterocycles. The van der Waals surface area contributed by atoms with Gasteiger partial charge in [0.25, 0.3) is 0 Å². The predicted octanol–water partition coefficient (Wildman–Crippen LogP) is 2.35. The van der Waals surface area contributed by atoms with Gasteiger partial charge in [-0.25, -0.2) is 0 Å². The number of hydrogen-bond donors (Lipinski definition) is 0. The van der Waals surface area contributed by atoms with Crippen molar-refractivity contribution in [3.8, 4) is 11.3 Å². The number of fused-ring (bicyclic) bond motifs is 1. The van der Waals surface area contributed by atoms with Crippen LogP contribution in [0.5, 0.6) is 0 Å². The molecule has 0 saturated heterocycles. The SMILES string of the molecule is CCC(C(=O)N(C)C)N1CCc2c(-c3ccccc3)nn(C)c2CC1. The van der Waals surface area contributed by atoms with Crippen molar-refractivity contribution < 1.29 is 4.79 Å². The van der Waals surface area contributed by atoms with Gasteiger partial charge < -0.3 is 4.90 Å². The lowest BCUT2D eigenvalue weighted by molar-refractivity contribution is -0.134. The van der Waals surface area contributed by atoms with Crippen molar-refractivity contribution in [1.82, 2.24) is 19.6 Å². The van der Waals surface area contributed by atoms with Gasteiger partial charge in [0.2, 0.25) is 5.91 Å². The molecule has 0 saturated carbocycles. The zero-order chi connectivity index (χ0) is 18.0. The van der Waals surface area contributed by atoms with Crippen LogP contribution in [0.25, 0.3) is 11.3 Å². The van der Waals surface area contributed by atoms with Gasteiger partial charge >= 0.3 is 0 Å². The first-order chi connectivity index (χ1) is 12.0. The van der Waals surface area contributed by atoms with Crippen molar-refractivity contribution in [2.75, 3.05) is 27.2 Å². The van der Waals surface area contributed by atoms with Crippen molar-refractivity contribution in [3.05, 3.63) is 41.6 Å². The summed E-state index contributed by atoms with van der Waals surface area (Å²) in [5.41, 5.74) is 4.90. The van der Waals surface area contributed by atoms with Crippen LogP contribution in [-0.2, 0) is 24.7 Å². The number of carbonyl (C=O) groups is 1. The molecule has 5 nitrogen and oxygen atoms in total. The third kappa shape index (κ3) is 3.47. The van der Waals surface area contributed by atoms with Crippen molar-refractivity contribution in [2.24, 2.45) is 7.05 Å². The second-order valence-electron chi connectivity index (χ2n) is 6.96. The molecule has 134 valence electrons. The Labute approximate surface area is 150 Å². The summed E-state index contributed by atoms with van der Waals surface area (Å²) in [4.78, 5) is 16.6. The number of rotatable bonds is 4. The van der Waals surface area contributed by atoms with Crippen LogP contribution in [0.15, 0.2) is 30.3 Å². The highest BCUT2D eigenvalue weighted by Crippen LogP contribution is 2.28. The maximum absolute atomic E-state index is 12.5. The number of benzene rings is 1. The minimum absolute atomic E-state index is 0.0301. The second kappa shape index (κ2) is 7.40. The average molecular weight is 340 g/mol. The quantitative estimate of drug-likeness (QED) is 0.858. The molecular weight excluding hydrogens is 312 g/mol. The van der Waals surface area contributed by atoms with Crippen LogP contribution < -0.4 is 0 Å². The zero-order valence-corrected chi connectivity index (χ0v) is 15.7. The van der Waals surface area contributed by atoms with Gasteiger partial charge in [0.05, 0.1) is 11.7 Å². The first kappa shape index (κ1) is 17.7. The molecule has 1 aliphatic heterocycles. The molecule has 5 heteroatoms. The first-order valence-electron chi connectivity index (χ1n) is 9.08. The van der Waals surface area contributed by atoms with E-state index in [1.807, 2.05) is 31.9 Å². The number of hydrogen-bond acceptors (Lipinski definition) is 3. The van der Waals surface area contributed by atoms with Crippen LogP contribution in [0.3, 0.4) is 0 Å². The summed E-state index contributed by atoms with van der Waals surface area (Å²) in [6.07, 6.45) is 2.71. The van der Waals surface area contributed by atoms with Gasteiger partial charge in [-0.15, -0.1) is 0 Å². The molecule has 0 fully saturated rings. The molecule has 25 heavy (non-hydrogen) atoms. The van der Waals surface area contributed by atoms with E-state index in [-0.39, 0.29) is 11.9 Å². The number of aryl methyl sites for hydroxylation is 1. The Hall–Kier alpha value is -2.14. The minimum atomic E-state index is -0.0301. The predicted molar refractivity (Wildman–Crippen MR) is 100 cm³/mol. The van der Waals surface area contributed by atoms with Gasteiger partial charge in [-0.3, -0.25) is 14.4 Å². The Balaban J connectivity index is 1.87. The number of amides is 1. The van der Waals surface area contributed by atoms with Crippen LogP contribution in [-0.4, -0.2) is 58.7 Å². The highest BCUT2D eigenvalue weighted by molar-refractivity contribution is 5.81. The summed E-state index contributed by atoms with van der Waals surface area (Å²) < 4.78 is 2.02. The van der Waals surface area contributed by atoms with E-state index in [9.17, 15) is 4.79 Å². The highest BCUT2D eigenvalue weighted by atomic mass is 16.2. The van der Waals surface area contributed by atoms with E-state index >= 15 is 0 Å². The van der Waals surface area contributed by atoms with Crippen LogP contribution in [0.2, 0.25) is 0 Å². The number of carbonyl (C=O) groups excluding carboxylic acids is 1. The Bertz CT molecular complexity index is 736. The molecule has 1 atom stereocenters. The summed E-state index contributed by atoms with van der Waals surface area (Å²) in [6, 6.07) is 10.4. The Morgan fingerprint density at radius 1 is 1.20 bits per heavy atom. The number of aromatic nitrogens is 2. The third-order valence-electron chi connectivity index (χ3n) is 5.16. The standard InChI is InChI=1S/C20H28N4O/c1-5-17(20(25)22(2)3)24-13-11-16-18(12-14-24)23(4)21-19(16)15-9-7-6-8-10-15/h6-10,17H,5,11-14H2,1-4H3.